The molecule has 7 nitrogen and oxygen atoms in total. The van der Waals surface area contributed by atoms with Gasteiger partial charge in [0, 0.05) is 57.2 Å². The standard InChI is InChI=1S/C26H26F3N5O2S/c1-14-21-20(33-32-14)12-19(26(27,28)29)24-22(21)17-8-11-37(36)13-18(17)23(31-24)15-4-6-16(7-5-15)25(35)30-9-10-34(2)3/h4-7,12H,8-11,13H2,1-3H3,(H,30,35)(H,32,33). The van der Waals surface area contributed by atoms with Crippen LogP contribution >= 0.6 is 0 Å². The summed E-state index contributed by atoms with van der Waals surface area (Å²) in [4.78, 5) is 19.0. The van der Waals surface area contributed by atoms with Crippen LogP contribution in [0, 0.1) is 6.92 Å². The minimum atomic E-state index is -4.64. The number of hydrogen-bond donors (Lipinski definition) is 2. The van der Waals surface area contributed by atoms with E-state index in [2.05, 4.69) is 20.5 Å². The molecule has 1 amide bonds. The first-order chi connectivity index (χ1) is 17.5. The Balaban J connectivity index is 1.69. The Labute approximate surface area is 213 Å². The number of aromatic nitrogens is 3. The van der Waals surface area contributed by atoms with E-state index in [4.69, 9.17) is 0 Å². The van der Waals surface area contributed by atoms with Crippen molar-refractivity contribution in [1.82, 2.24) is 25.4 Å². The molecule has 0 fully saturated rings. The van der Waals surface area contributed by atoms with Crippen LogP contribution in [0.1, 0.15) is 32.7 Å². The van der Waals surface area contributed by atoms with Crippen LogP contribution in [0.25, 0.3) is 33.1 Å². The number of nitrogens with one attached hydrogen (secondary N) is 2. The number of carbonyl (C=O) groups is 1. The van der Waals surface area contributed by atoms with E-state index in [1.807, 2.05) is 19.0 Å². The summed E-state index contributed by atoms with van der Waals surface area (Å²) < 4.78 is 55.2. The molecule has 0 bridgehead atoms. The minimum absolute atomic E-state index is 0.142. The van der Waals surface area contributed by atoms with Crippen molar-refractivity contribution in [2.75, 3.05) is 32.9 Å². The predicted molar refractivity (Wildman–Crippen MR) is 138 cm³/mol. The average molecular weight is 530 g/mol. The minimum Gasteiger partial charge on any atom is -0.351 e. The number of hydrogen-bond acceptors (Lipinski definition) is 5. The molecule has 2 aromatic carbocycles. The van der Waals surface area contributed by atoms with E-state index in [1.165, 1.54) is 0 Å². The smallest absolute Gasteiger partial charge is 0.351 e. The van der Waals surface area contributed by atoms with Crippen molar-refractivity contribution >= 4 is 38.5 Å². The zero-order valence-electron chi connectivity index (χ0n) is 20.6. The number of aryl methyl sites for hydroxylation is 2. The summed E-state index contributed by atoms with van der Waals surface area (Å²) in [6.45, 7) is 2.95. The van der Waals surface area contributed by atoms with Gasteiger partial charge in [0.2, 0.25) is 0 Å². The molecule has 4 aromatic rings. The number of aromatic amines is 1. The quantitative estimate of drug-likeness (QED) is 0.405. The van der Waals surface area contributed by atoms with Crippen LogP contribution in [-0.4, -0.2) is 63.1 Å². The lowest BCUT2D eigenvalue weighted by atomic mass is 9.91. The number of nitrogens with zero attached hydrogens (tertiary/aromatic N) is 3. The number of H-pyrrole nitrogens is 1. The number of amides is 1. The maximum absolute atomic E-state index is 14.2. The fourth-order valence-electron chi connectivity index (χ4n) is 4.82. The second kappa shape index (κ2) is 9.53. The fourth-order valence-corrected chi connectivity index (χ4v) is 6.03. The fraction of sp³-hybridized carbons (Fsp3) is 0.346. The van der Waals surface area contributed by atoms with Crippen LogP contribution in [0.5, 0.6) is 0 Å². The molecule has 1 aliphatic rings. The van der Waals surface area contributed by atoms with Crippen molar-refractivity contribution in [2.45, 2.75) is 25.3 Å². The summed E-state index contributed by atoms with van der Waals surface area (Å²) in [6.07, 6.45) is -4.26. The highest BCUT2D eigenvalue weighted by Crippen LogP contribution is 2.43. The first kappa shape index (κ1) is 25.3. The number of pyridine rings is 1. The van der Waals surface area contributed by atoms with E-state index in [0.717, 1.165) is 11.6 Å². The number of carbonyl (C=O) groups excluding carboxylic acids is 1. The Kier molecular flexibility index (Phi) is 6.53. The van der Waals surface area contributed by atoms with E-state index in [1.54, 1.807) is 31.2 Å². The second-order valence-electron chi connectivity index (χ2n) is 9.48. The molecule has 5 rings (SSSR count). The zero-order valence-corrected chi connectivity index (χ0v) is 21.4. The molecule has 0 saturated heterocycles. The van der Waals surface area contributed by atoms with E-state index >= 15 is 0 Å². The normalized spacial score (nSPS) is 15.9. The van der Waals surface area contributed by atoms with E-state index < -0.39 is 22.5 Å². The SMILES string of the molecule is Cc1[nH]nc2cc(C(F)(F)F)c3nc(-c4ccc(C(=O)NCCN(C)C)cc4)c4c(c3c12)CCS(=O)C4. The predicted octanol–water partition coefficient (Wildman–Crippen LogP) is 4.20. The topological polar surface area (TPSA) is 91.0 Å². The summed E-state index contributed by atoms with van der Waals surface area (Å²) >= 11 is 0. The van der Waals surface area contributed by atoms with Gasteiger partial charge in [-0.05, 0) is 56.8 Å². The third kappa shape index (κ3) is 4.73. The van der Waals surface area contributed by atoms with E-state index in [0.29, 0.717) is 64.1 Å². The van der Waals surface area contributed by atoms with Gasteiger partial charge in [0.25, 0.3) is 5.91 Å². The van der Waals surface area contributed by atoms with Crippen molar-refractivity contribution in [2.24, 2.45) is 0 Å². The van der Waals surface area contributed by atoms with Crippen LogP contribution in [0.15, 0.2) is 30.3 Å². The van der Waals surface area contributed by atoms with Crippen LogP contribution in [0.2, 0.25) is 0 Å². The number of benzene rings is 2. The molecular weight excluding hydrogens is 503 g/mol. The molecular formula is C26H26F3N5O2S. The molecule has 0 aliphatic carbocycles. The third-order valence-electron chi connectivity index (χ3n) is 6.63. The van der Waals surface area contributed by atoms with Gasteiger partial charge < -0.3 is 10.2 Å². The molecule has 3 heterocycles. The third-order valence-corrected chi connectivity index (χ3v) is 7.90. The molecule has 1 aliphatic heterocycles. The number of halogens is 3. The van der Waals surface area contributed by atoms with Crippen molar-refractivity contribution in [3.8, 4) is 11.3 Å². The lowest BCUT2D eigenvalue weighted by Gasteiger charge is -2.23. The largest absolute Gasteiger partial charge is 0.418 e. The number of likely N-dealkylation sites (N-methyl/N-ethyl adjacent to an activating group) is 1. The van der Waals surface area contributed by atoms with Gasteiger partial charge in [-0.3, -0.25) is 14.1 Å². The van der Waals surface area contributed by atoms with Gasteiger partial charge in [0.05, 0.1) is 28.0 Å². The summed E-state index contributed by atoms with van der Waals surface area (Å²) in [5, 5.41) is 10.8. The van der Waals surface area contributed by atoms with Crippen LogP contribution < -0.4 is 5.32 Å². The number of alkyl halides is 3. The van der Waals surface area contributed by atoms with Gasteiger partial charge in [-0.1, -0.05) is 12.1 Å². The van der Waals surface area contributed by atoms with Gasteiger partial charge in [-0.25, -0.2) is 4.98 Å². The Morgan fingerprint density at radius 1 is 1.16 bits per heavy atom. The second-order valence-corrected chi connectivity index (χ2v) is 11.1. The maximum Gasteiger partial charge on any atom is 0.418 e. The highest BCUT2D eigenvalue weighted by atomic mass is 32.2. The molecule has 37 heavy (non-hydrogen) atoms. The van der Waals surface area contributed by atoms with Crippen molar-refractivity contribution < 1.29 is 22.2 Å². The molecule has 1 atom stereocenters. The molecule has 0 spiro atoms. The van der Waals surface area contributed by atoms with Gasteiger partial charge in [-0.2, -0.15) is 18.3 Å². The summed E-state index contributed by atoms with van der Waals surface area (Å²) in [5.41, 5.74) is 2.66. The van der Waals surface area contributed by atoms with Crippen molar-refractivity contribution in [1.29, 1.82) is 0 Å². The Morgan fingerprint density at radius 2 is 1.89 bits per heavy atom. The average Bonchev–Trinajstić information content (AvgIpc) is 3.22. The highest BCUT2D eigenvalue weighted by Gasteiger charge is 2.36. The van der Waals surface area contributed by atoms with Gasteiger partial charge in [-0.15, -0.1) is 0 Å². The molecule has 11 heteroatoms. The maximum atomic E-state index is 14.2. The Hall–Kier alpha value is -3.31. The molecule has 0 radical (unpaired) electrons. The van der Waals surface area contributed by atoms with Gasteiger partial charge in [0.1, 0.15) is 0 Å². The van der Waals surface area contributed by atoms with Crippen LogP contribution in [-0.2, 0) is 29.1 Å². The van der Waals surface area contributed by atoms with Crippen LogP contribution in [0.3, 0.4) is 0 Å². The number of rotatable bonds is 5. The summed E-state index contributed by atoms with van der Waals surface area (Å²) in [7, 11) is 2.67. The molecule has 0 saturated carbocycles. The van der Waals surface area contributed by atoms with E-state index in [9.17, 15) is 22.2 Å². The van der Waals surface area contributed by atoms with E-state index in [-0.39, 0.29) is 22.7 Å². The van der Waals surface area contributed by atoms with Crippen LogP contribution in [0.4, 0.5) is 13.2 Å². The summed E-state index contributed by atoms with van der Waals surface area (Å²) in [5.74, 6) is 0.335. The monoisotopic (exact) mass is 529 g/mol. The van der Waals surface area contributed by atoms with Crippen molar-refractivity contribution in [3.63, 3.8) is 0 Å². The van der Waals surface area contributed by atoms with Crippen molar-refractivity contribution in [3.05, 3.63) is 58.3 Å². The first-order valence-electron chi connectivity index (χ1n) is 11.8. The molecule has 194 valence electrons. The van der Waals surface area contributed by atoms with Gasteiger partial charge >= 0.3 is 6.18 Å². The summed E-state index contributed by atoms with van der Waals surface area (Å²) in [6, 6.07) is 7.66. The first-order valence-corrected chi connectivity index (χ1v) is 13.3. The zero-order chi connectivity index (χ0) is 26.5. The molecule has 2 aromatic heterocycles. The van der Waals surface area contributed by atoms with Gasteiger partial charge in [0.15, 0.2) is 0 Å². The lowest BCUT2D eigenvalue weighted by Crippen LogP contribution is -2.31. The molecule has 2 N–H and O–H groups in total. The number of fused-ring (bicyclic) bond motifs is 5. The Morgan fingerprint density at radius 3 is 2.57 bits per heavy atom. The lowest BCUT2D eigenvalue weighted by molar-refractivity contribution is -0.136. The highest BCUT2D eigenvalue weighted by molar-refractivity contribution is 7.84. The molecule has 1 unspecified atom stereocenters. The Bertz CT molecular complexity index is 1540.